The van der Waals surface area contributed by atoms with E-state index in [1.54, 1.807) is 6.92 Å². The maximum absolute atomic E-state index is 9.11. The fourth-order valence-electron chi connectivity index (χ4n) is 1.37. The van der Waals surface area contributed by atoms with Crippen molar-refractivity contribution < 1.29 is 15.3 Å². The van der Waals surface area contributed by atoms with Crippen molar-refractivity contribution in [3.8, 4) is 0 Å². The number of hydrogen-bond acceptors (Lipinski definition) is 4. The Labute approximate surface area is 66.1 Å². The van der Waals surface area contributed by atoms with Crippen LogP contribution < -0.4 is 0 Å². The van der Waals surface area contributed by atoms with Crippen LogP contribution in [0.1, 0.15) is 6.92 Å². The summed E-state index contributed by atoms with van der Waals surface area (Å²) in [5, 5.41) is 27.2. The second-order valence-electron chi connectivity index (χ2n) is 3.20. The highest BCUT2D eigenvalue weighted by molar-refractivity contribution is 4.83. The van der Waals surface area contributed by atoms with Crippen molar-refractivity contribution in [3.05, 3.63) is 0 Å². The molecule has 4 nitrogen and oxygen atoms in total. The van der Waals surface area contributed by atoms with Crippen molar-refractivity contribution in [2.24, 2.45) is 0 Å². The van der Waals surface area contributed by atoms with E-state index in [0.717, 1.165) is 0 Å². The van der Waals surface area contributed by atoms with Crippen molar-refractivity contribution in [1.29, 1.82) is 0 Å². The minimum Gasteiger partial charge on any atom is -0.392 e. The molecule has 0 saturated carbocycles. The Hall–Kier alpha value is -0.160. The van der Waals surface area contributed by atoms with Crippen LogP contribution in [-0.4, -0.2) is 58.2 Å². The Bertz CT molecular complexity index is 116. The van der Waals surface area contributed by atoms with Gasteiger partial charge in [-0.15, -0.1) is 0 Å². The van der Waals surface area contributed by atoms with Crippen LogP contribution in [0.4, 0.5) is 0 Å². The second kappa shape index (κ2) is 3.49. The molecule has 0 spiro atoms. The average molecular weight is 161 g/mol. The minimum absolute atomic E-state index is 0.396. The predicted molar refractivity (Wildman–Crippen MR) is 40.1 cm³/mol. The van der Waals surface area contributed by atoms with E-state index in [0.29, 0.717) is 19.6 Å². The SMILES string of the molecule is C[C@@H](O)CN1CC(O)C(O)C1. The van der Waals surface area contributed by atoms with E-state index >= 15 is 0 Å². The normalized spacial score (nSPS) is 36.0. The molecule has 1 saturated heterocycles. The number of β-amino-alcohol motifs (C(OH)–C–C–N with tert-alkyl or cyclic N) is 3. The Morgan fingerprint density at radius 3 is 2.18 bits per heavy atom. The summed E-state index contributed by atoms with van der Waals surface area (Å²) in [6.45, 7) is 3.14. The van der Waals surface area contributed by atoms with Crippen LogP contribution in [-0.2, 0) is 0 Å². The third kappa shape index (κ3) is 2.41. The third-order valence-corrected chi connectivity index (χ3v) is 1.86. The summed E-state index contributed by atoms with van der Waals surface area (Å²) >= 11 is 0. The van der Waals surface area contributed by atoms with Gasteiger partial charge in [-0.25, -0.2) is 0 Å². The van der Waals surface area contributed by atoms with E-state index in [4.69, 9.17) is 15.3 Å². The van der Waals surface area contributed by atoms with Gasteiger partial charge in [-0.1, -0.05) is 0 Å². The van der Waals surface area contributed by atoms with Gasteiger partial charge < -0.3 is 15.3 Å². The number of hydrogen-bond donors (Lipinski definition) is 3. The molecule has 1 rings (SSSR count). The van der Waals surface area contributed by atoms with E-state index in [-0.39, 0.29) is 0 Å². The Kier molecular flexibility index (Phi) is 2.84. The lowest BCUT2D eigenvalue weighted by Crippen LogP contribution is -2.29. The van der Waals surface area contributed by atoms with Gasteiger partial charge in [-0.3, -0.25) is 4.90 Å². The van der Waals surface area contributed by atoms with Crippen LogP contribution in [0.5, 0.6) is 0 Å². The van der Waals surface area contributed by atoms with Gasteiger partial charge in [0.05, 0.1) is 18.3 Å². The molecule has 3 atom stereocenters. The molecule has 0 aromatic rings. The summed E-state index contributed by atoms with van der Waals surface area (Å²) in [5.41, 5.74) is 0. The molecule has 0 radical (unpaired) electrons. The molecular formula is C7H15NO3. The fourth-order valence-corrected chi connectivity index (χ4v) is 1.37. The smallest absolute Gasteiger partial charge is 0.0938 e. The highest BCUT2D eigenvalue weighted by Gasteiger charge is 2.29. The van der Waals surface area contributed by atoms with Crippen LogP contribution in [0.25, 0.3) is 0 Å². The summed E-state index contributed by atoms with van der Waals surface area (Å²) in [7, 11) is 0. The van der Waals surface area contributed by atoms with Gasteiger partial charge in [0, 0.05) is 19.6 Å². The molecule has 0 aliphatic carbocycles. The monoisotopic (exact) mass is 161 g/mol. The largest absolute Gasteiger partial charge is 0.392 e. The minimum atomic E-state index is -0.645. The van der Waals surface area contributed by atoms with E-state index < -0.39 is 18.3 Å². The standard InChI is InChI=1S/C7H15NO3/c1-5(9)2-8-3-6(10)7(11)4-8/h5-7,9-11H,2-4H2,1H3/t5-,6?,7?/m1/s1. The number of rotatable bonds is 2. The lowest BCUT2D eigenvalue weighted by atomic mass is 10.3. The zero-order chi connectivity index (χ0) is 8.43. The maximum atomic E-state index is 9.11. The summed E-state index contributed by atoms with van der Waals surface area (Å²) in [5.74, 6) is 0. The van der Waals surface area contributed by atoms with Gasteiger partial charge in [0.2, 0.25) is 0 Å². The van der Waals surface area contributed by atoms with Gasteiger partial charge in [-0.2, -0.15) is 0 Å². The Morgan fingerprint density at radius 1 is 1.36 bits per heavy atom. The Morgan fingerprint density at radius 2 is 1.82 bits per heavy atom. The molecule has 0 aromatic heterocycles. The fraction of sp³-hybridized carbons (Fsp3) is 1.00. The third-order valence-electron chi connectivity index (χ3n) is 1.86. The molecule has 2 unspecified atom stereocenters. The first-order chi connectivity index (χ1) is 5.09. The van der Waals surface area contributed by atoms with Gasteiger partial charge in [0.25, 0.3) is 0 Å². The first-order valence-electron chi connectivity index (χ1n) is 3.86. The van der Waals surface area contributed by atoms with Crippen molar-refractivity contribution in [2.45, 2.75) is 25.2 Å². The number of nitrogens with zero attached hydrogens (tertiary/aromatic N) is 1. The highest BCUT2D eigenvalue weighted by Crippen LogP contribution is 2.09. The molecule has 1 aliphatic rings. The van der Waals surface area contributed by atoms with Crippen LogP contribution in [0.3, 0.4) is 0 Å². The van der Waals surface area contributed by atoms with E-state index in [9.17, 15) is 0 Å². The molecule has 1 aliphatic heterocycles. The lowest BCUT2D eigenvalue weighted by molar-refractivity contribution is 0.0572. The molecule has 66 valence electrons. The van der Waals surface area contributed by atoms with Gasteiger partial charge >= 0.3 is 0 Å². The van der Waals surface area contributed by atoms with E-state index in [2.05, 4.69) is 0 Å². The van der Waals surface area contributed by atoms with Crippen LogP contribution >= 0.6 is 0 Å². The summed E-state index contributed by atoms with van der Waals surface area (Å²) in [6, 6.07) is 0. The van der Waals surface area contributed by atoms with Gasteiger partial charge in [-0.05, 0) is 6.92 Å². The molecule has 3 N–H and O–H groups in total. The Balaban J connectivity index is 2.29. The molecule has 11 heavy (non-hydrogen) atoms. The molecule has 4 heteroatoms. The quantitative estimate of drug-likeness (QED) is 0.456. The second-order valence-corrected chi connectivity index (χ2v) is 3.20. The van der Waals surface area contributed by atoms with Crippen molar-refractivity contribution in [3.63, 3.8) is 0 Å². The van der Waals surface area contributed by atoms with Gasteiger partial charge in [0.1, 0.15) is 0 Å². The average Bonchev–Trinajstić information content (AvgIpc) is 2.10. The summed E-state index contributed by atoms with van der Waals surface area (Å²) in [4.78, 5) is 1.85. The zero-order valence-corrected chi connectivity index (χ0v) is 6.64. The first-order valence-corrected chi connectivity index (χ1v) is 3.86. The summed E-state index contributed by atoms with van der Waals surface area (Å²) < 4.78 is 0. The van der Waals surface area contributed by atoms with Crippen molar-refractivity contribution in [2.75, 3.05) is 19.6 Å². The number of aliphatic hydroxyl groups excluding tert-OH is 3. The van der Waals surface area contributed by atoms with Crippen LogP contribution in [0, 0.1) is 0 Å². The van der Waals surface area contributed by atoms with Crippen LogP contribution in [0.2, 0.25) is 0 Å². The lowest BCUT2D eigenvalue weighted by Gasteiger charge is -2.15. The van der Waals surface area contributed by atoms with E-state index in [1.165, 1.54) is 0 Å². The highest BCUT2D eigenvalue weighted by atomic mass is 16.3. The predicted octanol–water partition coefficient (Wildman–Crippen LogP) is -1.60. The van der Waals surface area contributed by atoms with Crippen molar-refractivity contribution in [1.82, 2.24) is 4.90 Å². The van der Waals surface area contributed by atoms with Crippen LogP contribution in [0.15, 0.2) is 0 Å². The molecule has 0 aromatic carbocycles. The topological polar surface area (TPSA) is 63.9 Å². The molecule has 0 amide bonds. The number of aliphatic hydroxyl groups is 3. The molecule has 1 fully saturated rings. The summed E-state index contributed by atoms with van der Waals surface area (Å²) in [6.07, 6.45) is -1.69. The molecule has 1 heterocycles. The number of likely N-dealkylation sites (tertiary alicyclic amines) is 1. The van der Waals surface area contributed by atoms with E-state index in [1.807, 2.05) is 4.90 Å². The van der Waals surface area contributed by atoms with Crippen molar-refractivity contribution >= 4 is 0 Å². The first kappa shape index (κ1) is 8.93. The maximum Gasteiger partial charge on any atom is 0.0938 e. The zero-order valence-electron chi connectivity index (χ0n) is 6.64. The molecular weight excluding hydrogens is 146 g/mol. The molecule has 0 bridgehead atoms. The van der Waals surface area contributed by atoms with Gasteiger partial charge in [0.15, 0.2) is 0 Å².